The smallest absolute Gasteiger partial charge is 0.484 e. The lowest BCUT2D eigenvalue weighted by Crippen LogP contribution is -2.29. The van der Waals surface area contributed by atoms with E-state index in [2.05, 4.69) is 9.72 Å². The molecule has 0 spiro atoms. The van der Waals surface area contributed by atoms with Crippen LogP contribution in [0.1, 0.15) is 22.8 Å². The molecule has 1 aliphatic heterocycles. The fraction of sp³-hybridized carbons (Fsp3) is 0.375. The van der Waals surface area contributed by atoms with E-state index < -0.39 is 18.4 Å². The number of carbonyl (C=O) groups excluding carboxylic acids is 1. The van der Waals surface area contributed by atoms with Crippen molar-refractivity contribution in [3.8, 4) is 11.5 Å². The van der Waals surface area contributed by atoms with E-state index in [1.54, 1.807) is 0 Å². The van der Waals surface area contributed by atoms with E-state index in [0.29, 0.717) is 13.0 Å². The summed E-state index contributed by atoms with van der Waals surface area (Å²) < 4.78 is 63.6. The summed E-state index contributed by atoms with van der Waals surface area (Å²) in [6, 6.07) is 4.80. The van der Waals surface area contributed by atoms with Crippen LogP contribution in [0.5, 0.6) is 11.5 Å². The van der Waals surface area contributed by atoms with E-state index in [1.165, 1.54) is 17.0 Å². The lowest BCUT2D eigenvalue weighted by atomic mass is 10.3. The third-order valence-corrected chi connectivity index (χ3v) is 3.61. The SMILES string of the molecule is O=C(c1coc(COc2ccc(OC(F)(F)F)cc2)n1)N1CCC(F)C1. The molecule has 10 heteroatoms. The highest BCUT2D eigenvalue weighted by atomic mass is 19.4. The van der Waals surface area contributed by atoms with Gasteiger partial charge in [-0.2, -0.15) is 0 Å². The molecule has 0 N–H and O–H groups in total. The second-order valence-electron chi connectivity index (χ2n) is 5.57. The third-order valence-electron chi connectivity index (χ3n) is 3.61. The molecule has 140 valence electrons. The number of oxazole rings is 1. The van der Waals surface area contributed by atoms with Crippen LogP contribution in [0.25, 0.3) is 0 Å². The van der Waals surface area contributed by atoms with Gasteiger partial charge in [0, 0.05) is 6.54 Å². The fourth-order valence-electron chi connectivity index (χ4n) is 2.42. The standard InChI is InChI=1S/C16H14F4N2O4/c17-10-5-6-22(7-10)15(23)13-8-25-14(21-13)9-24-11-1-3-12(4-2-11)26-16(18,19)20/h1-4,8,10H,5-7,9H2. The van der Waals surface area contributed by atoms with Gasteiger partial charge in [0.15, 0.2) is 12.3 Å². The molecule has 2 aromatic rings. The molecule has 2 heterocycles. The van der Waals surface area contributed by atoms with Gasteiger partial charge in [-0.1, -0.05) is 0 Å². The largest absolute Gasteiger partial charge is 0.573 e. The van der Waals surface area contributed by atoms with Gasteiger partial charge in [0.05, 0.1) is 6.54 Å². The van der Waals surface area contributed by atoms with Gasteiger partial charge in [-0.05, 0) is 30.7 Å². The average molecular weight is 374 g/mol. The lowest BCUT2D eigenvalue weighted by molar-refractivity contribution is -0.274. The number of hydrogen-bond acceptors (Lipinski definition) is 5. The quantitative estimate of drug-likeness (QED) is 0.751. The highest BCUT2D eigenvalue weighted by Gasteiger charge is 2.31. The Hall–Kier alpha value is -2.78. The van der Waals surface area contributed by atoms with E-state index in [4.69, 9.17) is 9.15 Å². The highest BCUT2D eigenvalue weighted by molar-refractivity contribution is 5.92. The van der Waals surface area contributed by atoms with Crippen molar-refractivity contribution in [3.05, 3.63) is 42.1 Å². The van der Waals surface area contributed by atoms with Crippen LogP contribution < -0.4 is 9.47 Å². The van der Waals surface area contributed by atoms with E-state index in [0.717, 1.165) is 18.4 Å². The summed E-state index contributed by atoms with van der Waals surface area (Å²) in [5.74, 6) is -0.412. The molecule has 1 fully saturated rings. The summed E-state index contributed by atoms with van der Waals surface area (Å²) >= 11 is 0. The van der Waals surface area contributed by atoms with Gasteiger partial charge >= 0.3 is 6.36 Å². The fourth-order valence-corrected chi connectivity index (χ4v) is 2.42. The second kappa shape index (κ2) is 7.22. The van der Waals surface area contributed by atoms with E-state index >= 15 is 0 Å². The van der Waals surface area contributed by atoms with E-state index in [9.17, 15) is 22.4 Å². The maximum Gasteiger partial charge on any atom is 0.573 e. The van der Waals surface area contributed by atoms with Crippen molar-refractivity contribution in [2.45, 2.75) is 25.6 Å². The Morgan fingerprint density at radius 2 is 1.96 bits per heavy atom. The summed E-state index contributed by atoms with van der Waals surface area (Å²) in [5, 5.41) is 0. The topological polar surface area (TPSA) is 64.8 Å². The number of nitrogens with zero attached hydrogens (tertiary/aromatic N) is 2. The molecule has 1 aliphatic rings. The molecule has 1 unspecified atom stereocenters. The normalized spacial score (nSPS) is 17.4. The number of rotatable bonds is 5. The predicted molar refractivity (Wildman–Crippen MR) is 79.4 cm³/mol. The molecule has 6 nitrogen and oxygen atoms in total. The van der Waals surface area contributed by atoms with Crippen molar-refractivity contribution in [2.24, 2.45) is 0 Å². The first-order valence-corrected chi connectivity index (χ1v) is 7.66. The maximum absolute atomic E-state index is 13.2. The molecular weight excluding hydrogens is 360 g/mol. The number of ether oxygens (including phenoxy) is 2. The van der Waals surface area contributed by atoms with Crippen molar-refractivity contribution >= 4 is 5.91 Å². The van der Waals surface area contributed by atoms with Crippen LogP contribution in [0.4, 0.5) is 17.6 Å². The molecular formula is C16H14F4N2O4. The Morgan fingerprint density at radius 3 is 2.58 bits per heavy atom. The number of halogens is 4. The number of likely N-dealkylation sites (tertiary alicyclic amines) is 1. The molecule has 0 saturated carbocycles. The molecule has 1 amide bonds. The Morgan fingerprint density at radius 1 is 1.27 bits per heavy atom. The number of benzene rings is 1. The summed E-state index contributed by atoms with van der Waals surface area (Å²) in [6.07, 6.45) is -4.33. The highest BCUT2D eigenvalue weighted by Crippen LogP contribution is 2.25. The Bertz CT molecular complexity index is 760. The monoisotopic (exact) mass is 374 g/mol. The first-order valence-electron chi connectivity index (χ1n) is 7.66. The summed E-state index contributed by atoms with van der Waals surface area (Å²) in [7, 11) is 0. The first-order chi connectivity index (χ1) is 12.3. The van der Waals surface area contributed by atoms with Crippen LogP contribution in [-0.2, 0) is 6.61 Å². The van der Waals surface area contributed by atoms with Crippen molar-refractivity contribution in [1.29, 1.82) is 0 Å². The van der Waals surface area contributed by atoms with E-state index in [1.807, 2.05) is 0 Å². The molecule has 0 radical (unpaired) electrons. The zero-order chi connectivity index (χ0) is 18.7. The number of hydrogen-bond donors (Lipinski definition) is 0. The van der Waals surface area contributed by atoms with Crippen LogP contribution in [0.3, 0.4) is 0 Å². The Kier molecular flexibility index (Phi) is 5.01. The van der Waals surface area contributed by atoms with Crippen LogP contribution in [-0.4, -0.2) is 41.4 Å². The number of amides is 1. The van der Waals surface area contributed by atoms with Gasteiger partial charge in [-0.15, -0.1) is 13.2 Å². The zero-order valence-electron chi connectivity index (χ0n) is 13.3. The van der Waals surface area contributed by atoms with Gasteiger partial charge in [-0.25, -0.2) is 9.37 Å². The van der Waals surface area contributed by atoms with Crippen molar-refractivity contribution in [1.82, 2.24) is 9.88 Å². The van der Waals surface area contributed by atoms with Crippen LogP contribution in [0.2, 0.25) is 0 Å². The third kappa shape index (κ3) is 4.64. The second-order valence-corrected chi connectivity index (χ2v) is 5.57. The minimum absolute atomic E-state index is 0.0316. The zero-order valence-corrected chi connectivity index (χ0v) is 13.3. The summed E-state index contributed by atoms with van der Waals surface area (Å²) in [4.78, 5) is 17.5. The minimum atomic E-state index is -4.76. The van der Waals surface area contributed by atoms with E-state index in [-0.39, 0.29) is 36.2 Å². The van der Waals surface area contributed by atoms with Crippen molar-refractivity contribution in [2.75, 3.05) is 13.1 Å². The number of alkyl halides is 4. The van der Waals surface area contributed by atoms with Crippen LogP contribution in [0.15, 0.2) is 34.9 Å². The Labute approximate surface area is 145 Å². The summed E-state index contributed by atoms with van der Waals surface area (Å²) in [6.45, 7) is 0.230. The first kappa shape index (κ1) is 18.0. The molecule has 3 rings (SSSR count). The van der Waals surface area contributed by atoms with Crippen molar-refractivity contribution < 1.29 is 36.2 Å². The molecule has 26 heavy (non-hydrogen) atoms. The van der Waals surface area contributed by atoms with Gasteiger partial charge in [0.2, 0.25) is 5.89 Å². The molecule has 1 saturated heterocycles. The molecule has 1 aromatic carbocycles. The minimum Gasteiger partial charge on any atom is -0.484 e. The number of aromatic nitrogens is 1. The predicted octanol–water partition coefficient (Wildman–Crippen LogP) is 3.34. The van der Waals surface area contributed by atoms with Gasteiger partial charge in [-0.3, -0.25) is 4.79 Å². The van der Waals surface area contributed by atoms with Crippen LogP contribution in [0, 0.1) is 0 Å². The molecule has 0 aliphatic carbocycles. The number of carbonyl (C=O) groups is 1. The molecule has 1 atom stereocenters. The van der Waals surface area contributed by atoms with Gasteiger partial charge in [0.25, 0.3) is 5.91 Å². The maximum atomic E-state index is 13.2. The molecule has 0 bridgehead atoms. The molecule has 1 aromatic heterocycles. The van der Waals surface area contributed by atoms with Gasteiger partial charge in [0.1, 0.15) is 23.9 Å². The summed E-state index contributed by atoms with van der Waals surface area (Å²) in [5.41, 5.74) is 0.0478. The Balaban J connectivity index is 1.54. The average Bonchev–Trinajstić information content (AvgIpc) is 3.21. The van der Waals surface area contributed by atoms with Crippen molar-refractivity contribution in [3.63, 3.8) is 0 Å². The lowest BCUT2D eigenvalue weighted by Gasteiger charge is -2.12. The van der Waals surface area contributed by atoms with Gasteiger partial charge < -0.3 is 18.8 Å². The van der Waals surface area contributed by atoms with Crippen LogP contribution >= 0.6 is 0 Å².